The summed E-state index contributed by atoms with van der Waals surface area (Å²) in [7, 11) is 0. The van der Waals surface area contributed by atoms with Crippen LogP contribution in [0.15, 0.2) is 48.9 Å². The fourth-order valence-corrected chi connectivity index (χ4v) is 2.08. The molecule has 0 saturated heterocycles. The third kappa shape index (κ3) is 2.22. The summed E-state index contributed by atoms with van der Waals surface area (Å²) in [6.45, 7) is 2.08. The van der Waals surface area contributed by atoms with Gasteiger partial charge < -0.3 is 15.5 Å². The highest BCUT2D eigenvalue weighted by atomic mass is 15.1. The zero-order valence-corrected chi connectivity index (χ0v) is 10.6. The molecule has 1 atom stereocenters. The number of rotatable bonds is 3. The molecule has 0 aliphatic heterocycles. The Hall–Kier alpha value is -2.56. The fraction of sp³-hybridized carbons (Fsp3) is 0.143. The number of aromatic nitrogens is 3. The van der Waals surface area contributed by atoms with E-state index in [9.17, 15) is 0 Å². The molecule has 2 heterocycles. The first kappa shape index (κ1) is 11.5. The van der Waals surface area contributed by atoms with E-state index in [0.29, 0.717) is 11.6 Å². The third-order valence-corrected chi connectivity index (χ3v) is 3.05. The maximum atomic E-state index is 5.80. The number of hydrogen-bond acceptors (Lipinski definition) is 4. The number of benzene rings is 1. The lowest BCUT2D eigenvalue weighted by Gasteiger charge is -2.15. The van der Waals surface area contributed by atoms with Gasteiger partial charge in [0.2, 0.25) is 0 Å². The molecule has 19 heavy (non-hydrogen) atoms. The zero-order valence-electron chi connectivity index (χ0n) is 10.6. The van der Waals surface area contributed by atoms with Crippen molar-refractivity contribution < 1.29 is 0 Å². The number of nitrogens with zero attached hydrogens (tertiary/aromatic N) is 3. The van der Waals surface area contributed by atoms with Gasteiger partial charge in [-0.3, -0.25) is 0 Å². The number of nitrogens with two attached hydrogens (primary N) is 1. The van der Waals surface area contributed by atoms with E-state index in [0.717, 1.165) is 5.65 Å². The van der Waals surface area contributed by atoms with Crippen molar-refractivity contribution in [3.05, 3.63) is 54.5 Å². The van der Waals surface area contributed by atoms with E-state index < -0.39 is 0 Å². The summed E-state index contributed by atoms with van der Waals surface area (Å²) in [5, 5.41) is 3.35. The standard InChI is InChI=1S/C14H15N5/c1-10(11-5-3-2-4-6-11)17-13-14-16-7-8-19(14)9-12(15)18-13/h2-10H,15H2,1H3,(H,17,18). The van der Waals surface area contributed by atoms with Gasteiger partial charge in [0, 0.05) is 12.4 Å². The van der Waals surface area contributed by atoms with E-state index in [1.807, 2.05) is 28.8 Å². The number of imidazole rings is 1. The summed E-state index contributed by atoms with van der Waals surface area (Å²) in [4.78, 5) is 8.61. The van der Waals surface area contributed by atoms with E-state index >= 15 is 0 Å². The second kappa shape index (κ2) is 4.61. The largest absolute Gasteiger partial charge is 0.382 e. The molecule has 96 valence electrons. The van der Waals surface area contributed by atoms with E-state index in [2.05, 4.69) is 34.3 Å². The average molecular weight is 253 g/mol. The fourth-order valence-electron chi connectivity index (χ4n) is 2.08. The monoisotopic (exact) mass is 253 g/mol. The molecule has 3 rings (SSSR count). The van der Waals surface area contributed by atoms with E-state index in [-0.39, 0.29) is 6.04 Å². The highest BCUT2D eigenvalue weighted by molar-refractivity contribution is 5.65. The lowest BCUT2D eigenvalue weighted by Crippen LogP contribution is -2.10. The van der Waals surface area contributed by atoms with E-state index in [1.165, 1.54) is 5.56 Å². The second-order valence-electron chi connectivity index (χ2n) is 4.45. The van der Waals surface area contributed by atoms with Crippen LogP contribution < -0.4 is 11.1 Å². The molecular weight excluding hydrogens is 238 g/mol. The van der Waals surface area contributed by atoms with Gasteiger partial charge in [0.15, 0.2) is 11.5 Å². The number of anilines is 2. The Kier molecular flexibility index (Phi) is 2.79. The quantitative estimate of drug-likeness (QED) is 0.752. The predicted octanol–water partition coefficient (Wildman–Crippen LogP) is 2.48. The van der Waals surface area contributed by atoms with Gasteiger partial charge >= 0.3 is 0 Å². The lowest BCUT2D eigenvalue weighted by molar-refractivity contribution is 0.873. The molecule has 0 aliphatic carbocycles. The molecule has 0 fully saturated rings. The van der Waals surface area contributed by atoms with Crippen LogP contribution in [0.4, 0.5) is 11.6 Å². The van der Waals surface area contributed by atoms with Gasteiger partial charge in [-0.1, -0.05) is 30.3 Å². The van der Waals surface area contributed by atoms with Crippen molar-refractivity contribution in [3.8, 4) is 0 Å². The van der Waals surface area contributed by atoms with Gasteiger partial charge in [-0.2, -0.15) is 0 Å². The molecule has 1 aromatic carbocycles. The number of hydrogen-bond donors (Lipinski definition) is 2. The Balaban J connectivity index is 1.95. The third-order valence-electron chi connectivity index (χ3n) is 3.05. The Morgan fingerprint density at radius 3 is 2.84 bits per heavy atom. The second-order valence-corrected chi connectivity index (χ2v) is 4.45. The van der Waals surface area contributed by atoms with Crippen LogP contribution in [-0.2, 0) is 0 Å². The van der Waals surface area contributed by atoms with Gasteiger partial charge in [0.1, 0.15) is 5.82 Å². The molecule has 0 bridgehead atoms. The number of fused-ring (bicyclic) bond motifs is 1. The van der Waals surface area contributed by atoms with Crippen molar-refractivity contribution in [2.45, 2.75) is 13.0 Å². The maximum Gasteiger partial charge on any atom is 0.180 e. The van der Waals surface area contributed by atoms with Crippen molar-refractivity contribution in [3.63, 3.8) is 0 Å². The SMILES string of the molecule is CC(Nc1nc(N)cn2ccnc12)c1ccccc1. The Morgan fingerprint density at radius 2 is 2.05 bits per heavy atom. The van der Waals surface area contributed by atoms with Crippen LogP contribution in [-0.4, -0.2) is 14.4 Å². The van der Waals surface area contributed by atoms with Crippen molar-refractivity contribution in [1.82, 2.24) is 14.4 Å². The minimum atomic E-state index is 0.135. The highest BCUT2D eigenvalue weighted by Gasteiger charge is 2.10. The Bertz CT molecular complexity index is 689. The average Bonchev–Trinajstić information content (AvgIpc) is 2.88. The summed E-state index contributed by atoms with van der Waals surface area (Å²) in [5.74, 6) is 1.16. The molecule has 1 unspecified atom stereocenters. The first-order valence-electron chi connectivity index (χ1n) is 6.15. The molecule has 0 saturated carbocycles. The van der Waals surface area contributed by atoms with Gasteiger partial charge in [-0.15, -0.1) is 0 Å². The molecule has 5 nitrogen and oxygen atoms in total. The Labute approximate surface area is 111 Å². The molecule has 3 aromatic rings. The normalized spacial score (nSPS) is 12.5. The van der Waals surface area contributed by atoms with E-state index in [4.69, 9.17) is 5.73 Å². The molecular formula is C14H15N5. The molecule has 2 aromatic heterocycles. The molecule has 0 spiro atoms. The zero-order chi connectivity index (χ0) is 13.2. The summed E-state index contributed by atoms with van der Waals surface area (Å²) >= 11 is 0. The minimum Gasteiger partial charge on any atom is -0.382 e. The topological polar surface area (TPSA) is 68.2 Å². The minimum absolute atomic E-state index is 0.135. The molecule has 0 radical (unpaired) electrons. The maximum absolute atomic E-state index is 5.80. The van der Waals surface area contributed by atoms with Crippen LogP contribution in [0.5, 0.6) is 0 Å². The van der Waals surface area contributed by atoms with E-state index in [1.54, 1.807) is 12.4 Å². The van der Waals surface area contributed by atoms with Crippen molar-refractivity contribution >= 4 is 17.3 Å². The highest BCUT2D eigenvalue weighted by Crippen LogP contribution is 2.21. The van der Waals surface area contributed by atoms with Crippen LogP contribution in [0.3, 0.4) is 0 Å². The van der Waals surface area contributed by atoms with Gasteiger partial charge in [-0.25, -0.2) is 9.97 Å². The van der Waals surface area contributed by atoms with Gasteiger partial charge in [-0.05, 0) is 12.5 Å². The summed E-state index contributed by atoms with van der Waals surface area (Å²) in [6, 6.07) is 10.3. The molecule has 0 aliphatic rings. The van der Waals surface area contributed by atoms with Crippen LogP contribution in [0.2, 0.25) is 0 Å². The number of nitrogen functional groups attached to an aromatic ring is 1. The van der Waals surface area contributed by atoms with Crippen molar-refractivity contribution in [1.29, 1.82) is 0 Å². The molecule has 3 N–H and O–H groups in total. The van der Waals surface area contributed by atoms with Crippen molar-refractivity contribution in [2.24, 2.45) is 0 Å². The Morgan fingerprint density at radius 1 is 1.26 bits per heavy atom. The summed E-state index contributed by atoms with van der Waals surface area (Å²) in [6.07, 6.45) is 5.33. The van der Waals surface area contributed by atoms with Crippen LogP contribution >= 0.6 is 0 Å². The van der Waals surface area contributed by atoms with Crippen molar-refractivity contribution in [2.75, 3.05) is 11.1 Å². The summed E-state index contributed by atoms with van der Waals surface area (Å²) in [5.41, 5.74) is 7.76. The molecule has 0 amide bonds. The first-order valence-corrected chi connectivity index (χ1v) is 6.15. The number of nitrogens with one attached hydrogen (secondary N) is 1. The first-order chi connectivity index (χ1) is 9.24. The molecule has 5 heteroatoms. The van der Waals surface area contributed by atoms with Crippen LogP contribution in [0.1, 0.15) is 18.5 Å². The summed E-state index contributed by atoms with van der Waals surface area (Å²) < 4.78 is 1.86. The van der Waals surface area contributed by atoms with Crippen LogP contribution in [0.25, 0.3) is 5.65 Å². The van der Waals surface area contributed by atoms with Gasteiger partial charge in [0.05, 0.1) is 12.2 Å². The smallest absolute Gasteiger partial charge is 0.180 e. The van der Waals surface area contributed by atoms with Gasteiger partial charge in [0.25, 0.3) is 0 Å². The van der Waals surface area contributed by atoms with Crippen LogP contribution in [0, 0.1) is 0 Å². The lowest BCUT2D eigenvalue weighted by atomic mass is 10.1. The predicted molar refractivity (Wildman–Crippen MR) is 75.9 cm³/mol.